The summed E-state index contributed by atoms with van der Waals surface area (Å²) < 4.78 is 6.06. The van der Waals surface area contributed by atoms with Crippen LogP contribution in [0.25, 0.3) is 0 Å². The van der Waals surface area contributed by atoms with Gasteiger partial charge in [-0.05, 0) is 62.9 Å². The Morgan fingerprint density at radius 1 is 1.40 bits per heavy atom. The van der Waals surface area contributed by atoms with Crippen LogP contribution in [0.1, 0.15) is 43.7 Å². The van der Waals surface area contributed by atoms with Crippen molar-refractivity contribution in [3.63, 3.8) is 0 Å². The van der Waals surface area contributed by atoms with E-state index in [0.29, 0.717) is 0 Å². The number of nitrogens with one attached hydrogen (secondary N) is 1. The number of benzene rings is 1. The van der Waals surface area contributed by atoms with Gasteiger partial charge in [0.2, 0.25) is 0 Å². The fraction of sp³-hybridized carbons (Fsp3) is 0.588. The first-order valence-corrected chi connectivity index (χ1v) is 7.49. The number of aryl methyl sites for hydroxylation is 2. The van der Waals surface area contributed by atoms with E-state index < -0.39 is 0 Å². The van der Waals surface area contributed by atoms with Gasteiger partial charge in [-0.25, -0.2) is 0 Å². The van der Waals surface area contributed by atoms with Crippen LogP contribution in [-0.2, 0) is 0 Å². The predicted molar refractivity (Wildman–Crippen MR) is 80.8 cm³/mol. The molecule has 2 rings (SSSR count). The monoisotopic (exact) mass is 272 g/mol. The van der Waals surface area contributed by atoms with E-state index in [-0.39, 0.29) is 11.6 Å². The van der Waals surface area contributed by atoms with E-state index in [4.69, 9.17) is 4.74 Å². The molecule has 0 saturated heterocycles. The van der Waals surface area contributed by atoms with Crippen molar-refractivity contribution >= 4 is 0 Å². The van der Waals surface area contributed by atoms with Gasteiger partial charge in [-0.2, -0.15) is 5.26 Å². The van der Waals surface area contributed by atoms with Crippen LogP contribution < -0.4 is 10.1 Å². The van der Waals surface area contributed by atoms with Gasteiger partial charge in [-0.3, -0.25) is 5.32 Å². The van der Waals surface area contributed by atoms with Gasteiger partial charge in [0.05, 0.1) is 6.07 Å². The van der Waals surface area contributed by atoms with Crippen molar-refractivity contribution in [3.8, 4) is 11.8 Å². The molecule has 0 aromatic heterocycles. The molecule has 1 aliphatic carbocycles. The molecule has 3 nitrogen and oxygen atoms in total. The Hall–Kier alpha value is -1.53. The number of nitrogens with zero attached hydrogens (tertiary/aromatic N) is 1. The zero-order valence-corrected chi connectivity index (χ0v) is 12.7. The van der Waals surface area contributed by atoms with Crippen molar-refractivity contribution in [2.75, 3.05) is 6.54 Å². The van der Waals surface area contributed by atoms with E-state index in [2.05, 4.69) is 44.3 Å². The first kappa shape index (κ1) is 14.9. The lowest BCUT2D eigenvalue weighted by atomic mass is 9.99. The van der Waals surface area contributed by atoms with Crippen LogP contribution in [0.4, 0.5) is 0 Å². The minimum Gasteiger partial charge on any atom is -0.490 e. The molecule has 1 aliphatic rings. The van der Waals surface area contributed by atoms with Gasteiger partial charge in [0.15, 0.2) is 0 Å². The Balaban J connectivity index is 1.98. The van der Waals surface area contributed by atoms with Crippen molar-refractivity contribution in [2.24, 2.45) is 0 Å². The molecule has 3 heteroatoms. The summed E-state index contributed by atoms with van der Waals surface area (Å²) in [6.45, 7) is 7.21. The van der Waals surface area contributed by atoms with Crippen LogP contribution in [0.5, 0.6) is 5.75 Å². The van der Waals surface area contributed by atoms with Crippen LogP contribution in [0, 0.1) is 25.2 Å². The molecule has 1 N–H and O–H groups in total. The molecule has 0 heterocycles. The largest absolute Gasteiger partial charge is 0.490 e. The molecule has 0 aliphatic heterocycles. The zero-order chi connectivity index (χ0) is 14.6. The normalized spacial score (nSPS) is 25.4. The maximum Gasteiger partial charge on any atom is 0.120 e. The van der Waals surface area contributed by atoms with Crippen LogP contribution in [-0.4, -0.2) is 18.2 Å². The van der Waals surface area contributed by atoms with Gasteiger partial charge in [0.1, 0.15) is 17.4 Å². The standard InChI is InChI=1S/C17H24N2O/c1-4-9-19-17(12-18)8-7-16(11-17)20-15-6-5-13(2)14(3)10-15/h5-6,10,16,19H,4,7-9,11H2,1-3H3. The summed E-state index contributed by atoms with van der Waals surface area (Å²) >= 11 is 0. The molecule has 1 aromatic carbocycles. The Labute approximate surface area is 121 Å². The first-order valence-electron chi connectivity index (χ1n) is 7.49. The lowest BCUT2D eigenvalue weighted by Gasteiger charge is -2.22. The molecular formula is C17H24N2O. The third-order valence-electron chi connectivity index (χ3n) is 4.18. The van der Waals surface area contributed by atoms with E-state index in [9.17, 15) is 5.26 Å². The summed E-state index contributed by atoms with van der Waals surface area (Å²) in [5.41, 5.74) is 2.14. The third-order valence-corrected chi connectivity index (χ3v) is 4.18. The number of hydrogen-bond donors (Lipinski definition) is 1. The maximum atomic E-state index is 9.44. The molecule has 1 aromatic rings. The van der Waals surface area contributed by atoms with Gasteiger partial charge < -0.3 is 4.74 Å². The summed E-state index contributed by atoms with van der Waals surface area (Å²) in [5.74, 6) is 0.919. The molecule has 0 amide bonds. The second kappa shape index (κ2) is 6.28. The molecule has 108 valence electrons. The average molecular weight is 272 g/mol. The van der Waals surface area contributed by atoms with E-state index >= 15 is 0 Å². The SMILES string of the molecule is CCCNC1(C#N)CCC(Oc2ccc(C)c(C)c2)C1. The number of nitriles is 1. The summed E-state index contributed by atoms with van der Waals surface area (Å²) in [5, 5.41) is 12.8. The summed E-state index contributed by atoms with van der Waals surface area (Å²) in [4.78, 5) is 0. The van der Waals surface area contributed by atoms with E-state index in [1.54, 1.807) is 0 Å². The van der Waals surface area contributed by atoms with Gasteiger partial charge >= 0.3 is 0 Å². The van der Waals surface area contributed by atoms with Crippen LogP contribution in [0.2, 0.25) is 0 Å². The van der Waals surface area contributed by atoms with E-state index in [1.807, 2.05) is 6.07 Å². The Morgan fingerprint density at radius 3 is 2.85 bits per heavy atom. The molecule has 2 atom stereocenters. The highest BCUT2D eigenvalue weighted by Crippen LogP contribution is 2.32. The number of ether oxygens (including phenoxy) is 1. The highest BCUT2D eigenvalue weighted by atomic mass is 16.5. The molecule has 1 fully saturated rings. The van der Waals surface area contributed by atoms with Gasteiger partial charge in [0, 0.05) is 6.42 Å². The van der Waals surface area contributed by atoms with Crippen LogP contribution in [0.15, 0.2) is 18.2 Å². The minimum absolute atomic E-state index is 0.140. The minimum atomic E-state index is -0.388. The summed E-state index contributed by atoms with van der Waals surface area (Å²) in [6.07, 6.45) is 3.78. The van der Waals surface area contributed by atoms with Gasteiger partial charge in [0.25, 0.3) is 0 Å². The molecule has 20 heavy (non-hydrogen) atoms. The second-order valence-corrected chi connectivity index (χ2v) is 5.85. The highest BCUT2D eigenvalue weighted by Gasteiger charge is 2.40. The van der Waals surface area contributed by atoms with Crippen molar-refractivity contribution in [1.82, 2.24) is 5.32 Å². The molecular weight excluding hydrogens is 248 g/mol. The van der Waals surface area contributed by atoms with Crippen LogP contribution >= 0.6 is 0 Å². The topological polar surface area (TPSA) is 45.0 Å². The van der Waals surface area contributed by atoms with Crippen molar-refractivity contribution < 1.29 is 4.74 Å². The van der Waals surface area contributed by atoms with Crippen molar-refractivity contribution in [3.05, 3.63) is 29.3 Å². The number of rotatable bonds is 5. The Kier molecular flexibility index (Phi) is 4.67. The van der Waals surface area contributed by atoms with Crippen LogP contribution in [0.3, 0.4) is 0 Å². The Morgan fingerprint density at radius 2 is 2.20 bits per heavy atom. The number of hydrogen-bond acceptors (Lipinski definition) is 3. The summed E-state index contributed by atoms with van der Waals surface area (Å²) in [7, 11) is 0. The highest BCUT2D eigenvalue weighted by molar-refractivity contribution is 5.34. The molecule has 1 saturated carbocycles. The average Bonchev–Trinajstić information content (AvgIpc) is 2.85. The molecule has 2 unspecified atom stereocenters. The van der Waals surface area contributed by atoms with Crippen molar-refractivity contribution in [1.29, 1.82) is 5.26 Å². The second-order valence-electron chi connectivity index (χ2n) is 5.85. The van der Waals surface area contributed by atoms with Gasteiger partial charge in [-0.1, -0.05) is 13.0 Å². The smallest absolute Gasteiger partial charge is 0.120 e. The predicted octanol–water partition coefficient (Wildman–Crippen LogP) is 3.50. The quantitative estimate of drug-likeness (QED) is 0.892. The van der Waals surface area contributed by atoms with Gasteiger partial charge in [-0.15, -0.1) is 0 Å². The van der Waals surface area contributed by atoms with E-state index in [0.717, 1.165) is 38.0 Å². The lowest BCUT2D eigenvalue weighted by Crippen LogP contribution is -2.42. The van der Waals surface area contributed by atoms with Crippen molar-refractivity contribution in [2.45, 2.75) is 58.1 Å². The lowest BCUT2D eigenvalue weighted by molar-refractivity contribution is 0.201. The maximum absolute atomic E-state index is 9.44. The van der Waals surface area contributed by atoms with E-state index in [1.165, 1.54) is 11.1 Å². The molecule has 0 bridgehead atoms. The fourth-order valence-corrected chi connectivity index (χ4v) is 2.75. The molecule has 0 radical (unpaired) electrons. The fourth-order valence-electron chi connectivity index (χ4n) is 2.75. The molecule has 0 spiro atoms. The third kappa shape index (κ3) is 3.32. The zero-order valence-electron chi connectivity index (χ0n) is 12.7. The Bertz CT molecular complexity index is 506. The summed E-state index contributed by atoms with van der Waals surface area (Å²) in [6, 6.07) is 8.65. The first-order chi connectivity index (χ1) is 9.58.